The second-order valence-electron chi connectivity index (χ2n) is 6.48. The molecule has 0 aromatic heterocycles. The molecule has 2 aromatic carbocycles. The van der Waals surface area contributed by atoms with Crippen molar-refractivity contribution in [1.29, 1.82) is 0 Å². The lowest BCUT2D eigenvalue weighted by Crippen LogP contribution is -2.17. The van der Waals surface area contributed by atoms with Crippen molar-refractivity contribution in [2.45, 2.75) is 32.6 Å². The summed E-state index contributed by atoms with van der Waals surface area (Å²) in [4.78, 5) is 34.8. The molecule has 0 bridgehead atoms. The molecule has 0 unspecified atom stereocenters. The van der Waals surface area contributed by atoms with Crippen molar-refractivity contribution in [3.63, 3.8) is 0 Å². The Bertz CT molecular complexity index is 849. The summed E-state index contributed by atoms with van der Waals surface area (Å²) in [5.41, 5.74) is 0.253. The quantitative estimate of drug-likeness (QED) is 0.216. The van der Waals surface area contributed by atoms with Crippen molar-refractivity contribution in [3.05, 3.63) is 69.8 Å². The van der Waals surface area contributed by atoms with Gasteiger partial charge in [-0.25, -0.2) is 9.59 Å². The highest BCUT2D eigenvalue weighted by Gasteiger charge is 2.19. The maximum atomic E-state index is 12.4. The van der Waals surface area contributed by atoms with Gasteiger partial charge in [-0.3, -0.25) is 10.1 Å². The van der Waals surface area contributed by atoms with E-state index in [-0.39, 0.29) is 30.0 Å². The van der Waals surface area contributed by atoms with Gasteiger partial charge < -0.3 is 14.2 Å². The van der Waals surface area contributed by atoms with Crippen molar-refractivity contribution in [2.75, 3.05) is 19.8 Å². The van der Waals surface area contributed by atoms with E-state index < -0.39 is 16.9 Å². The van der Waals surface area contributed by atoms with Crippen LogP contribution in [0.1, 0.15) is 53.3 Å². The van der Waals surface area contributed by atoms with Gasteiger partial charge >= 0.3 is 11.9 Å². The normalized spacial score (nSPS) is 10.3. The Kier molecular flexibility index (Phi) is 9.30. The second kappa shape index (κ2) is 12.2. The molecule has 0 N–H and O–H groups in total. The maximum absolute atomic E-state index is 12.4. The van der Waals surface area contributed by atoms with Crippen LogP contribution in [0, 0.1) is 10.1 Å². The number of nitrogens with zero attached hydrogens (tertiary/aromatic N) is 1. The number of carbonyl (C=O) groups is 2. The first kappa shape index (κ1) is 22.9. The molecule has 0 radical (unpaired) electrons. The molecule has 160 valence electrons. The highest BCUT2D eigenvalue weighted by atomic mass is 16.6. The van der Waals surface area contributed by atoms with E-state index in [4.69, 9.17) is 14.2 Å². The number of ether oxygens (including phenoxy) is 3. The summed E-state index contributed by atoms with van der Waals surface area (Å²) < 4.78 is 15.8. The van der Waals surface area contributed by atoms with Gasteiger partial charge in [-0.1, -0.05) is 38.3 Å². The molecule has 0 spiro atoms. The fourth-order valence-electron chi connectivity index (χ4n) is 2.65. The lowest BCUT2D eigenvalue weighted by Gasteiger charge is -2.10. The fraction of sp³-hybridized carbons (Fsp3) is 0.364. The number of nitro groups is 1. The monoisotopic (exact) mass is 415 g/mol. The molecular formula is C22H25NO7. The average Bonchev–Trinajstić information content (AvgIpc) is 2.76. The van der Waals surface area contributed by atoms with Crippen LogP contribution in [0.2, 0.25) is 0 Å². The van der Waals surface area contributed by atoms with E-state index >= 15 is 0 Å². The van der Waals surface area contributed by atoms with Crippen molar-refractivity contribution in [2.24, 2.45) is 0 Å². The number of esters is 2. The predicted octanol–water partition coefficient (Wildman–Crippen LogP) is 4.57. The van der Waals surface area contributed by atoms with Gasteiger partial charge in [0.2, 0.25) is 0 Å². The molecule has 0 saturated carbocycles. The number of unbranched alkanes of at least 4 members (excludes halogenated alkanes) is 3. The predicted molar refractivity (Wildman–Crippen MR) is 110 cm³/mol. The van der Waals surface area contributed by atoms with Gasteiger partial charge in [0, 0.05) is 12.1 Å². The Hall–Kier alpha value is -3.42. The SMILES string of the molecule is CCCCCCOC(=O)c1ccccc1C(=O)OCCOc1ccc([N+](=O)[O-])cc1. The lowest BCUT2D eigenvalue weighted by atomic mass is 10.1. The zero-order chi connectivity index (χ0) is 21.8. The molecule has 8 nitrogen and oxygen atoms in total. The highest BCUT2D eigenvalue weighted by molar-refractivity contribution is 6.03. The zero-order valence-electron chi connectivity index (χ0n) is 16.9. The lowest BCUT2D eigenvalue weighted by molar-refractivity contribution is -0.384. The highest BCUT2D eigenvalue weighted by Crippen LogP contribution is 2.17. The summed E-state index contributed by atoms with van der Waals surface area (Å²) >= 11 is 0. The van der Waals surface area contributed by atoms with E-state index in [0.717, 1.165) is 25.7 Å². The summed E-state index contributed by atoms with van der Waals surface area (Å²) in [6.07, 6.45) is 3.95. The Morgan fingerprint density at radius 1 is 0.833 bits per heavy atom. The number of hydrogen-bond donors (Lipinski definition) is 0. The Morgan fingerprint density at radius 2 is 1.43 bits per heavy atom. The number of benzene rings is 2. The fourth-order valence-corrected chi connectivity index (χ4v) is 2.65. The minimum atomic E-state index is -0.652. The summed E-state index contributed by atoms with van der Waals surface area (Å²) in [5, 5.41) is 10.6. The molecule has 0 fully saturated rings. The molecule has 0 atom stereocenters. The maximum Gasteiger partial charge on any atom is 0.339 e. The Labute approximate surface area is 174 Å². The van der Waals surface area contributed by atoms with Crippen LogP contribution in [0.25, 0.3) is 0 Å². The Balaban J connectivity index is 1.82. The number of rotatable bonds is 12. The Morgan fingerprint density at radius 3 is 2.00 bits per heavy atom. The summed E-state index contributed by atoms with van der Waals surface area (Å²) in [6, 6.07) is 11.9. The molecule has 0 aliphatic heterocycles. The second-order valence-corrected chi connectivity index (χ2v) is 6.48. The summed E-state index contributed by atoms with van der Waals surface area (Å²) in [5.74, 6) is -0.786. The van der Waals surface area contributed by atoms with Crippen LogP contribution in [0.15, 0.2) is 48.5 Å². The topological polar surface area (TPSA) is 105 Å². The molecule has 8 heteroatoms. The summed E-state index contributed by atoms with van der Waals surface area (Å²) in [7, 11) is 0. The van der Waals surface area contributed by atoms with Gasteiger partial charge in [-0.15, -0.1) is 0 Å². The van der Waals surface area contributed by atoms with Gasteiger partial charge in [-0.05, 0) is 30.7 Å². The van der Waals surface area contributed by atoms with E-state index in [1.165, 1.54) is 36.4 Å². The molecular weight excluding hydrogens is 390 g/mol. The largest absolute Gasteiger partial charge is 0.490 e. The molecule has 0 aliphatic carbocycles. The van der Waals surface area contributed by atoms with Crippen molar-refractivity contribution in [3.8, 4) is 5.75 Å². The van der Waals surface area contributed by atoms with Crippen molar-refractivity contribution < 1.29 is 28.7 Å². The van der Waals surface area contributed by atoms with Crippen LogP contribution in [0.5, 0.6) is 5.75 Å². The molecule has 0 aliphatic rings. The van der Waals surface area contributed by atoms with Crippen LogP contribution in [-0.4, -0.2) is 36.7 Å². The van der Waals surface area contributed by atoms with E-state index in [2.05, 4.69) is 6.92 Å². The minimum Gasteiger partial charge on any atom is -0.490 e. The van der Waals surface area contributed by atoms with Gasteiger partial charge in [0.25, 0.3) is 5.69 Å². The molecule has 0 heterocycles. The average molecular weight is 415 g/mol. The standard InChI is InChI=1S/C22H25NO7/c1-2-3-4-7-14-29-21(24)19-8-5-6-9-20(19)22(25)30-16-15-28-18-12-10-17(11-13-18)23(26)27/h5-6,8-13H,2-4,7,14-16H2,1H3. The van der Waals surface area contributed by atoms with E-state index in [1.807, 2.05) is 0 Å². The first-order chi connectivity index (χ1) is 14.5. The van der Waals surface area contributed by atoms with Crippen LogP contribution >= 0.6 is 0 Å². The van der Waals surface area contributed by atoms with Crippen LogP contribution in [0.3, 0.4) is 0 Å². The number of hydrogen-bond acceptors (Lipinski definition) is 7. The van der Waals surface area contributed by atoms with Gasteiger partial charge in [0.05, 0.1) is 22.7 Å². The van der Waals surface area contributed by atoms with E-state index in [9.17, 15) is 19.7 Å². The smallest absolute Gasteiger partial charge is 0.339 e. The number of nitro benzene ring substituents is 1. The third kappa shape index (κ3) is 7.20. The van der Waals surface area contributed by atoms with E-state index in [0.29, 0.717) is 12.4 Å². The summed E-state index contributed by atoms with van der Waals surface area (Å²) in [6.45, 7) is 2.43. The van der Waals surface area contributed by atoms with Crippen molar-refractivity contribution >= 4 is 17.6 Å². The molecule has 0 amide bonds. The number of non-ortho nitro benzene ring substituents is 1. The molecule has 2 aromatic rings. The minimum absolute atomic E-state index is 0.0392. The van der Waals surface area contributed by atoms with E-state index in [1.54, 1.807) is 12.1 Å². The van der Waals surface area contributed by atoms with Crippen LogP contribution < -0.4 is 4.74 Å². The van der Waals surface area contributed by atoms with Crippen LogP contribution in [-0.2, 0) is 9.47 Å². The van der Waals surface area contributed by atoms with Gasteiger partial charge in [0.1, 0.15) is 19.0 Å². The van der Waals surface area contributed by atoms with Crippen LogP contribution in [0.4, 0.5) is 5.69 Å². The number of carbonyl (C=O) groups excluding carboxylic acids is 2. The zero-order valence-corrected chi connectivity index (χ0v) is 16.9. The third-order valence-corrected chi connectivity index (χ3v) is 4.23. The first-order valence-electron chi connectivity index (χ1n) is 9.83. The molecule has 30 heavy (non-hydrogen) atoms. The molecule has 0 saturated heterocycles. The molecule has 2 rings (SSSR count). The third-order valence-electron chi connectivity index (χ3n) is 4.23. The first-order valence-corrected chi connectivity index (χ1v) is 9.83. The van der Waals surface area contributed by atoms with Gasteiger partial charge in [0.15, 0.2) is 0 Å². The van der Waals surface area contributed by atoms with Gasteiger partial charge in [-0.2, -0.15) is 0 Å². The van der Waals surface area contributed by atoms with Crippen molar-refractivity contribution in [1.82, 2.24) is 0 Å².